The van der Waals surface area contributed by atoms with Crippen LogP contribution in [0.5, 0.6) is 0 Å². The maximum Gasteiger partial charge on any atom is 0.323 e. The molecule has 0 saturated carbocycles. The van der Waals surface area contributed by atoms with Crippen molar-refractivity contribution in [2.24, 2.45) is 0 Å². The first-order valence-corrected chi connectivity index (χ1v) is 9.96. The SMILES string of the molecule is CC(C)n1ncc2c(C(=O)Nc3ccc4[nH]c(=O)[nH]c4c3)cc(-c3ccccc3)nc21. The van der Waals surface area contributed by atoms with Crippen LogP contribution in [0, 0.1) is 0 Å². The minimum Gasteiger partial charge on any atom is -0.322 e. The van der Waals surface area contributed by atoms with Crippen molar-refractivity contribution in [1.82, 2.24) is 24.7 Å². The average molecular weight is 412 g/mol. The zero-order valence-corrected chi connectivity index (χ0v) is 17.0. The van der Waals surface area contributed by atoms with E-state index in [0.29, 0.717) is 39.0 Å². The fraction of sp³-hybridized carbons (Fsp3) is 0.130. The molecule has 154 valence electrons. The molecule has 3 aromatic heterocycles. The highest BCUT2D eigenvalue weighted by molar-refractivity contribution is 6.13. The van der Waals surface area contributed by atoms with Gasteiger partial charge in [-0.3, -0.25) is 4.79 Å². The molecule has 5 aromatic rings. The van der Waals surface area contributed by atoms with Crippen LogP contribution >= 0.6 is 0 Å². The van der Waals surface area contributed by atoms with Crippen molar-refractivity contribution in [3.05, 3.63) is 76.8 Å². The van der Waals surface area contributed by atoms with Gasteiger partial charge in [0.15, 0.2) is 5.65 Å². The fourth-order valence-corrected chi connectivity index (χ4v) is 3.65. The highest BCUT2D eigenvalue weighted by atomic mass is 16.2. The number of nitrogens with one attached hydrogen (secondary N) is 3. The molecule has 0 aliphatic rings. The van der Waals surface area contributed by atoms with E-state index in [-0.39, 0.29) is 17.6 Å². The summed E-state index contributed by atoms with van der Waals surface area (Å²) in [6.45, 7) is 4.05. The van der Waals surface area contributed by atoms with Gasteiger partial charge in [-0.2, -0.15) is 5.10 Å². The number of hydrogen-bond donors (Lipinski definition) is 3. The molecule has 3 heterocycles. The minimum absolute atomic E-state index is 0.0970. The number of anilines is 1. The van der Waals surface area contributed by atoms with E-state index in [4.69, 9.17) is 4.98 Å². The second-order valence-corrected chi connectivity index (χ2v) is 7.63. The first-order valence-electron chi connectivity index (χ1n) is 9.96. The number of H-pyrrole nitrogens is 2. The molecule has 2 aromatic carbocycles. The molecule has 0 spiro atoms. The predicted molar refractivity (Wildman–Crippen MR) is 120 cm³/mol. The van der Waals surface area contributed by atoms with Crippen molar-refractivity contribution in [3.63, 3.8) is 0 Å². The second kappa shape index (κ2) is 7.24. The van der Waals surface area contributed by atoms with Crippen molar-refractivity contribution in [3.8, 4) is 11.3 Å². The third kappa shape index (κ3) is 3.38. The highest BCUT2D eigenvalue weighted by Gasteiger charge is 2.19. The van der Waals surface area contributed by atoms with E-state index >= 15 is 0 Å². The number of rotatable bonds is 4. The third-order valence-electron chi connectivity index (χ3n) is 5.14. The number of fused-ring (bicyclic) bond motifs is 2. The average Bonchev–Trinajstić information content (AvgIpc) is 3.35. The lowest BCUT2D eigenvalue weighted by atomic mass is 10.1. The lowest BCUT2D eigenvalue weighted by molar-refractivity contribution is 0.102. The Balaban J connectivity index is 1.61. The smallest absolute Gasteiger partial charge is 0.322 e. The lowest BCUT2D eigenvalue weighted by Gasteiger charge is -2.11. The molecule has 0 aliphatic heterocycles. The lowest BCUT2D eigenvalue weighted by Crippen LogP contribution is -2.13. The molecule has 31 heavy (non-hydrogen) atoms. The summed E-state index contributed by atoms with van der Waals surface area (Å²) in [5.41, 5.74) is 4.36. The molecule has 0 aliphatic carbocycles. The highest BCUT2D eigenvalue weighted by Crippen LogP contribution is 2.27. The van der Waals surface area contributed by atoms with Crippen molar-refractivity contribution in [2.45, 2.75) is 19.9 Å². The summed E-state index contributed by atoms with van der Waals surface area (Å²) in [6, 6.07) is 16.8. The van der Waals surface area contributed by atoms with E-state index in [0.717, 1.165) is 5.56 Å². The van der Waals surface area contributed by atoms with Crippen LogP contribution in [-0.2, 0) is 0 Å². The summed E-state index contributed by atoms with van der Waals surface area (Å²) in [7, 11) is 0. The topological polar surface area (TPSA) is 108 Å². The number of aromatic nitrogens is 5. The number of amides is 1. The summed E-state index contributed by atoms with van der Waals surface area (Å²) in [4.78, 5) is 35.0. The van der Waals surface area contributed by atoms with Gasteiger partial charge in [-0.05, 0) is 38.1 Å². The van der Waals surface area contributed by atoms with Gasteiger partial charge in [-0.15, -0.1) is 0 Å². The molecule has 0 fully saturated rings. The molecule has 0 radical (unpaired) electrons. The summed E-state index contributed by atoms with van der Waals surface area (Å²) >= 11 is 0. The number of nitrogens with zero attached hydrogens (tertiary/aromatic N) is 3. The predicted octanol–water partition coefficient (Wildman–Crippen LogP) is 4.10. The Hall–Kier alpha value is -4.20. The Morgan fingerprint density at radius 2 is 1.81 bits per heavy atom. The van der Waals surface area contributed by atoms with E-state index in [1.54, 1.807) is 30.5 Å². The van der Waals surface area contributed by atoms with Crippen LogP contribution in [0.15, 0.2) is 65.6 Å². The Kier molecular flexibility index (Phi) is 4.39. The third-order valence-corrected chi connectivity index (χ3v) is 5.14. The maximum atomic E-state index is 13.3. The van der Waals surface area contributed by atoms with Gasteiger partial charge in [0.1, 0.15) is 0 Å². The van der Waals surface area contributed by atoms with Crippen molar-refractivity contribution in [2.75, 3.05) is 5.32 Å². The number of imidazole rings is 1. The van der Waals surface area contributed by atoms with Crippen molar-refractivity contribution < 1.29 is 4.79 Å². The molecule has 0 saturated heterocycles. The van der Waals surface area contributed by atoms with Crippen LogP contribution in [0.3, 0.4) is 0 Å². The zero-order valence-electron chi connectivity index (χ0n) is 17.0. The summed E-state index contributed by atoms with van der Waals surface area (Å²) in [6.07, 6.45) is 1.68. The Labute approximate surface area is 176 Å². The van der Waals surface area contributed by atoms with Gasteiger partial charge in [0.25, 0.3) is 5.91 Å². The largest absolute Gasteiger partial charge is 0.323 e. The summed E-state index contributed by atoms with van der Waals surface area (Å²) in [5, 5.41) is 8.07. The molecule has 8 nitrogen and oxygen atoms in total. The number of hydrogen-bond acceptors (Lipinski definition) is 4. The molecule has 3 N–H and O–H groups in total. The molecular weight excluding hydrogens is 392 g/mol. The second-order valence-electron chi connectivity index (χ2n) is 7.63. The first kappa shape index (κ1) is 18.8. The molecule has 0 atom stereocenters. The Morgan fingerprint density at radius 1 is 1.03 bits per heavy atom. The zero-order chi connectivity index (χ0) is 21.5. The normalized spacial score (nSPS) is 11.5. The van der Waals surface area contributed by atoms with Gasteiger partial charge in [0.05, 0.1) is 33.9 Å². The van der Waals surface area contributed by atoms with Crippen LogP contribution in [0.25, 0.3) is 33.3 Å². The van der Waals surface area contributed by atoms with E-state index in [1.165, 1.54) is 0 Å². The molecular formula is C23H20N6O2. The quantitative estimate of drug-likeness (QED) is 0.413. The Morgan fingerprint density at radius 3 is 2.58 bits per heavy atom. The van der Waals surface area contributed by atoms with Crippen molar-refractivity contribution in [1.29, 1.82) is 0 Å². The van der Waals surface area contributed by atoms with Crippen LogP contribution in [0.4, 0.5) is 5.69 Å². The standard InChI is InChI=1S/C23H20N6O2/c1-13(2)29-21-17(12-24-29)16(11-19(26-21)14-6-4-3-5-7-14)22(30)25-15-8-9-18-20(10-15)28-23(31)27-18/h3-13H,1-2H3,(H,25,30)(H2,27,28,31). The van der Waals surface area contributed by atoms with E-state index in [2.05, 4.69) is 20.4 Å². The van der Waals surface area contributed by atoms with Crippen LogP contribution in [0.2, 0.25) is 0 Å². The molecule has 5 rings (SSSR count). The van der Waals surface area contributed by atoms with E-state index in [9.17, 15) is 9.59 Å². The van der Waals surface area contributed by atoms with Gasteiger partial charge in [-0.1, -0.05) is 30.3 Å². The monoisotopic (exact) mass is 412 g/mol. The van der Waals surface area contributed by atoms with Crippen LogP contribution in [-0.4, -0.2) is 30.6 Å². The summed E-state index contributed by atoms with van der Waals surface area (Å²) in [5.74, 6) is -0.273. The molecule has 0 bridgehead atoms. The van der Waals surface area contributed by atoms with Gasteiger partial charge < -0.3 is 15.3 Å². The molecule has 1 amide bonds. The fourth-order valence-electron chi connectivity index (χ4n) is 3.65. The number of carbonyl (C=O) groups excluding carboxylic acids is 1. The number of carbonyl (C=O) groups is 1. The van der Waals surface area contributed by atoms with Gasteiger partial charge in [0.2, 0.25) is 0 Å². The number of benzene rings is 2. The maximum absolute atomic E-state index is 13.3. The molecule has 8 heteroatoms. The minimum atomic E-state index is -0.289. The van der Waals surface area contributed by atoms with E-state index < -0.39 is 0 Å². The van der Waals surface area contributed by atoms with E-state index in [1.807, 2.05) is 48.9 Å². The van der Waals surface area contributed by atoms with Crippen molar-refractivity contribution >= 4 is 33.7 Å². The van der Waals surface area contributed by atoms with Gasteiger partial charge >= 0.3 is 5.69 Å². The van der Waals surface area contributed by atoms with Gasteiger partial charge in [-0.25, -0.2) is 14.5 Å². The van der Waals surface area contributed by atoms with Crippen LogP contribution in [0.1, 0.15) is 30.2 Å². The van der Waals surface area contributed by atoms with Gasteiger partial charge in [0, 0.05) is 17.3 Å². The van der Waals surface area contributed by atoms with Crippen LogP contribution < -0.4 is 11.0 Å². The summed E-state index contributed by atoms with van der Waals surface area (Å²) < 4.78 is 1.81. The number of pyridine rings is 1. The first-order chi connectivity index (χ1) is 15.0. The number of aromatic amines is 2. The molecule has 0 unspecified atom stereocenters. The Bertz CT molecular complexity index is 1480.